The normalized spacial score (nSPS) is 28.2. The fraction of sp³-hybridized carbons (Fsp3) is 0.862. The zero-order chi connectivity index (χ0) is 22.0. The molecule has 1 fully saturated rings. The van der Waals surface area contributed by atoms with Gasteiger partial charge in [-0.3, -0.25) is 0 Å². The van der Waals surface area contributed by atoms with Gasteiger partial charge in [0.25, 0.3) is 0 Å². The predicted octanol–water partition coefficient (Wildman–Crippen LogP) is 9.86. The third-order valence-electron chi connectivity index (χ3n) is 8.36. The molecule has 0 spiro atoms. The predicted molar refractivity (Wildman–Crippen MR) is 133 cm³/mol. The standard InChI is InChI=1S/C29H54/c1-10-15-16-17-24(11-2)26-18-22(8)25(12-3)19-27(20-26)29(14-5)23(9)28(13-4)21(6)7/h14,21-22,24-28H,9-13,15-20H2,1-8H3. The van der Waals surface area contributed by atoms with Crippen molar-refractivity contribution in [3.05, 3.63) is 23.8 Å². The summed E-state index contributed by atoms with van der Waals surface area (Å²) in [7, 11) is 0. The zero-order valence-electron chi connectivity index (χ0n) is 21.4. The second-order valence-corrected chi connectivity index (χ2v) is 10.5. The minimum Gasteiger partial charge on any atom is -0.0953 e. The van der Waals surface area contributed by atoms with E-state index < -0.39 is 0 Å². The highest BCUT2D eigenvalue weighted by molar-refractivity contribution is 5.33. The van der Waals surface area contributed by atoms with E-state index in [0.29, 0.717) is 11.8 Å². The molecule has 1 aliphatic rings. The van der Waals surface area contributed by atoms with E-state index in [1.54, 1.807) is 5.57 Å². The summed E-state index contributed by atoms with van der Waals surface area (Å²) >= 11 is 0. The third-order valence-corrected chi connectivity index (χ3v) is 8.36. The number of hydrogen-bond donors (Lipinski definition) is 0. The number of hydrogen-bond acceptors (Lipinski definition) is 0. The van der Waals surface area contributed by atoms with Crippen molar-refractivity contribution >= 4 is 0 Å². The molecule has 0 amide bonds. The second-order valence-electron chi connectivity index (χ2n) is 10.5. The molecule has 0 nitrogen and oxygen atoms in total. The third kappa shape index (κ3) is 7.59. The molecule has 1 rings (SSSR count). The molecule has 0 heterocycles. The van der Waals surface area contributed by atoms with Gasteiger partial charge in [-0.05, 0) is 85.2 Å². The van der Waals surface area contributed by atoms with E-state index in [2.05, 4.69) is 68.0 Å². The van der Waals surface area contributed by atoms with Gasteiger partial charge in [0.15, 0.2) is 0 Å². The Morgan fingerprint density at radius 2 is 1.69 bits per heavy atom. The van der Waals surface area contributed by atoms with E-state index >= 15 is 0 Å². The van der Waals surface area contributed by atoms with E-state index in [1.807, 2.05) is 0 Å². The maximum atomic E-state index is 4.68. The van der Waals surface area contributed by atoms with Gasteiger partial charge in [-0.15, -0.1) is 0 Å². The van der Waals surface area contributed by atoms with Gasteiger partial charge in [0, 0.05) is 0 Å². The Kier molecular flexibility index (Phi) is 12.5. The van der Waals surface area contributed by atoms with Crippen LogP contribution in [0.15, 0.2) is 23.8 Å². The molecule has 6 atom stereocenters. The summed E-state index contributed by atoms with van der Waals surface area (Å²) in [5.41, 5.74) is 3.07. The Morgan fingerprint density at radius 1 is 1.00 bits per heavy atom. The van der Waals surface area contributed by atoms with Gasteiger partial charge in [-0.1, -0.05) is 99.6 Å². The van der Waals surface area contributed by atoms with Crippen molar-refractivity contribution < 1.29 is 0 Å². The average Bonchev–Trinajstić information content (AvgIpc) is 2.85. The molecular formula is C29H54. The van der Waals surface area contributed by atoms with E-state index in [-0.39, 0.29) is 0 Å². The Bertz CT molecular complexity index is 482. The van der Waals surface area contributed by atoms with Crippen molar-refractivity contribution in [2.75, 3.05) is 0 Å². The monoisotopic (exact) mass is 402 g/mol. The maximum absolute atomic E-state index is 4.68. The summed E-state index contributed by atoms with van der Waals surface area (Å²) in [5, 5.41) is 0. The van der Waals surface area contributed by atoms with Gasteiger partial charge in [0.1, 0.15) is 0 Å². The number of rotatable bonds is 12. The van der Waals surface area contributed by atoms with Crippen molar-refractivity contribution in [1.82, 2.24) is 0 Å². The summed E-state index contributed by atoms with van der Waals surface area (Å²) in [5.74, 6) is 5.60. The molecule has 29 heavy (non-hydrogen) atoms. The summed E-state index contributed by atoms with van der Waals surface area (Å²) in [4.78, 5) is 0. The molecule has 0 heteroatoms. The lowest BCUT2D eigenvalue weighted by Crippen LogP contribution is -2.21. The van der Waals surface area contributed by atoms with Crippen molar-refractivity contribution in [2.45, 2.75) is 120 Å². The molecule has 0 bridgehead atoms. The Hall–Kier alpha value is -0.520. The van der Waals surface area contributed by atoms with Crippen LogP contribution in [0.2, 0.25) is 0 Å². The van der Waals surface area contributed by atoms with Crippen LogP contribution in [0.4, 0.5) is 0 Å². The van der Waals surface area contributed by atoms with Crippen LogP contribution in [-0.2, 0) is 0 Å². The first kappa shape index (κ1) is 26.5. The van der Waals surface area contributed by atoms with Gasteiger partial charge in [-0.2, -0.15) is 0 Å². The van der Waals surface area contributed by atoms with Crippen LogP contribution in [0, 0.1) is 41.4 Å². The average molecular weight is 403 g/mol. The molecule has 0 saturated heterocycles. The van der Waals surface area contributed by atoms with Gasteiger partial charge in [0.2, 0.25) is 0 Å². The maximum Gasteiger partial charge on any atom is -0.0145 e. The first-order valence-corrected chi connectivity index (χ1v) is 13.2. The molecule has 1 saturated carbocycles. The molecule has 6 unspecified atom stereocenters. The van der Waals surface area contributed by atoms with Gasteiger partial charge in [-0.25, -0.2) is 0 Å². The Labute approximate surface area is 185 Å². The lowest BCUT2D eigenvalue weighted by molar-refractivity contribution is 0.224. The van der Waals surface area contributed by atoms with Gasteiger partial charge in [0.05, 0.1) is 0 Å². The van der Waals surface area contributed by atoms with Crippen molar-refractivity contribution in [2.24, 2.45) is 41.4 Å². The smallest absolute Gasteiger partial charge is 0.0145 e. The SMILES string of the molecule is C=C(C(=CC)C1CC(CC)C(C)CC(C(CC)CCCCC)C1)C(CC)C(C)C. The fourth-order valence-electron chi connectivity index (χ4n) is 6.48. The van der Waals surface area contributed by atoms with Gasteiger partial charge >= 0.3 is 0 Å². The summed E-state index contributed by atoms with van der Waals surface area (Å²) < 4.78 is 0. The quantitative estimate of drug-likeness (QED) is 0.173. The summed E-state index contributed by atoms with van der Waals surface area (Å²) in [6, 6.07) is 0. The van der Waals surface area contributed by atoms with E-state index in [9.17, 15) is 0 Å². The highest BCUT2D eigenvalue weighted by Gasteiger charge is 2.35. The minimum absolute atomic E-state index is 0.631. The van der Waals surface area contributed by atoms with Crippen molar-refractivity contribution in [3.63, 3.8) is 0 Å². The van der Waals surface area contributed by atoms with Crippen LogP contribution < -0.4 is 0 Å². The fourth-order valence-corrected chi connectivity index (χ4v) is 6.48. The molecule has 1 aliphatic carbocycles. The topological polar surface area (TPSA) is 0 Å². The van der Waals surface area contributed by atoms with E-state index in [4.69, 9.17) is 0 Å². The first-order valence-electron chi connectivity index (χ1n) is 13.2. The first-order chi connectivity index (χ1) is 13.8. The summed E-state index contributed by atoms with van der Waals surface area (Å²) in [6.07, 6.45) is 16.2. The molecule has 0 N–H and O–H groups in total. The molecular weight excluding hydrogens is 348 g/mol. The van der Waals surface area contributed by atoms with Crippen LogP contribution in [-0.4, -0.2) is 0 Å². The highest BCUT2D eigenvalue weighted by Crippen LogP contribution is 2.46. The Balaban J connectivity index is 3.12. The number of unbranched alkanes of at least 4 members (excludes halogenated alkanes) is 2. The summed E-state index contributed by atoms with van der Waals surface area (Å²) in [6.45, 7) is 23.8. The van der Waals surface area contributed by atoms with Crippen LogP contribution in [0.25, 0.3) is 0 Å². The molecule has 0 aromatic carbocycles. The van der Waals surface area contributed by atoms with Crippen LogP contribution in [0.5, 0.6) is 0 Å². The largest absolute Gasteiger partial charge is 0.0953 e. The minimum atomic E-state index is 0.631. The van der Waals surface area contributed by atoms with Crippen molar-refractivity contribution in [1.29, 1.82) is 0 Å². The van der Waals surface area contributed by atoms with Crippen LogP contribution in [0.3, 0.4) is 0 Å². The molecule has 0 aromatic rings. The van der Waals surface area contributed by atoms with E-state index in [1.165, 1.54) is 69.8 Å². The van der Waals surface area contributed by atoms with Crippen molar-refractivity contribution in [3.8, 4) is 0 Å². The molecule has 0 aliphatic heterocycles. The molecule has 0 radical (unpaired) electrons. The van der Waals surface area contributed by atoms with Crippen LogP contribution in [0.1, 0.15) is 120 Å². The zero-order valence-corrected chi connectivity index (χ0v) is 21.4. The van der Waals surface area contributed by atoms with Crippen LogP contribution >= 0.6 is 0 Å². The van der Waals surface area contributed by atoms with E-state index in [0.717, 1.165) is 29.6 Å². The van der Waals surface area contributed by atoms with Gasteiger partial charge < -0.3 is 0 Å². The second kappa shape index (κ2) is 13.7. The lowest BCUT2D eigenvalue weighted by Gasteiger charge is -2.32. The number of allylic oxidation sites excluding steroid dienone is 3. The lowest BCUT2D eigenvalue weighted by atomic mass is 9.73. The Morgan fingerprint density at radius 3 is 2.17 bits per heavy atom. The highest BCUT2D eigenvalue weighted by atomic mass is 14.4. The molecule has 170 valence electrons. The molecule has 0 aromatic heterocycles.